The molecule has 0 bridgehead atoms. The third-order valence-electron chi connectivity index (χ3n) is 4.15. The number of rotatable bonds is 3. The first kappa shape index (κ1) is 14.2. The molecule has 2 N–H and O–H groups in total. The minimum absolute atomic E-state index is 0.222. The predicted octanol–water partition coefficient (Wildman–Crippen LogP) is 0.0185. The van der Waals surface area contributed by atoms with Crippen molar-refractivity contribution < 1.29 is 13.5 Å². The molecule has 0 saturated carbocycles. The fourth-order valence-electron chi connectivity index (χ4n) is 3.10. The average molecular weight is 276 g/mol. The summed E-state index contributed by atoms with van der Waals surface area (Å²) < 4.78 is 24.7. The van der Waals surface area contributed by atoms with Gasteiger partial charge in [0.25, 0.3) is 0 Å². The molecule has 0 aromatic carbocycles. The quantitative estimate of drug-likeness (QED) is 0.762. The minimum atomic E-state index is -3.06. The van der Waals surface area contributed by atoms with Crippen LogP contribution in [0.25, 0.3) is 0 Å². The lowest BCUT2D eigenvalue weighted by atomic mass is 9.84. The van der Waals surface area contributed by atoms with Crippen LogP contribution in [0.4, 0.5) is 0 Å². The molecule has 0 aromatic rings. The molecule has 0 aromatic heterocycles. The van der Waals surface area contributed by atoms with Gasteiger partial charge in [0.2, 0.25) is 10.0 Å². The van der Waals surface area contributed by atoms with Crippen molar-refractivity contribution >= 4 is 10.0 Å². The van der Waals surface area contributed by atoms with Gasteiger partial charge in [0.15, 0.2) is 0 Å². The molecular formula is C12H24N2O3S. The maximum Gasteiger partial charge on any atom is 0.211 e. The highest BCUT2D eigenvalue weighted by Gasteiger charge is 2.30. The van der Waals surface area contributed by atoms with Gasteiger partial charge in [0, 0.05) is 19.6 Å². The SMILES string of the molecule is CS(=O)(=O)N1CCCC(CC2CNCCC2O)C1. The van der Waals surface area contributed by atoms with Gasteiger partial charge >= 0.3 is 0 Å². The highest BCUT2D eigenvalue weighted by Crippen LogP contribution is 2.27. The summed E-state index contributed by atoms with van der Waals surface area (Å²) in [4.78, 5) is 0. The van der Waals surface area contributed by atoms with E-state index in [4.69, 9.17) is 0 Å². The maximum atomic E-state index is 11.6. The van der Waals surface area contributed by atoms with Crippen LogP contribution in [-0.2, 0) is 10.0 Å². The Morgan fingerprint density at radius 1 is 1.39 bits per heavy atom. The molecule has 18 heavy (non-hydrogen) atoms. The molecule has 2 aliphatic heterocycles. The van der Waals surface area contributed by atoms with Gasteiger partial charge in [-0.1, -0.05) is 0 Å². The third-order valence-corrected chi connectivity index (χ3v) is 5.42. The predicted molar refractivity (Wildman–Crippen MR) is 70.7 cm³/mol. The van der Waals surface area contributed by atoms with Crippen LogP contribution in [0.2, 0.25) is 0 Å². The lowest BCUT2D eigenvalue weighted by Gasteiger charge is -2.35. The van der Waals surface area contributed by atoms with Crippen molar-refractivity contribution in [1.29, 1.82) is 0 Å². The second-order valence-electron chi connectivity index (χ2n) is 5.69. The maximum absolute atomic E-state index is 11.6. The Morgan fingerprint density at radius 2 is 2.17 bits per heavy atom. The average Bonchev–Trinajstić information content (AvgIpc) is 2.31. The van der Waals surface area contributed by atoms with E-state index < -0.39 is 10.0 Å². The zero-order valence-electron chi connectivity index (χ0n) is 11.0. The number of sulfonamides is 1. The van der Waals surface area contributed by atoms with E-state index in [1.165, 1.54) is 6.26 Å². The topological polar surface area (TPSA) is 69.6 Å². The lowest BCUT2D eigenvalue weighted by molar-refractivity contribution is 0.0591. The Kier molecular flexibility index (Phi) is 4.64. The number of nitrogens with zero attached hydrogens (tertiary/aromatic N) is 1. The summed E-state index contributed by atoms with van der Waals surface area (Å²) in [5.74, 6) is 0.677. The standard InChI is InChI=1S/C12H24N2O3S/c1-18(16,17)14-6-2-3-10(9-14)7-11-8-13-5-4-12(11)15/h10-13,15H,2-9H2,1H3. The fraction of sp³-hybridized carbons (Fsp3) is 1.00. The molecular weight excluding hydrogens is 252 g/mol. The Labute approximate surface area is 110 Å². The summed E-state index contributed by atoms with van der Waals surface area (Å²) in [6.07, 6.45) is 4.82. The molecule has 0 spiro atoms. The molecule has 2 fully saturated rings. The molecule has 2 saturated heterocycles. The zero-order valence-corrected chi connectivity index (χ0v) is 11.8. The van der Waals surface area contributed by atoms with E-state index in [2.05, 4.69) is 5.32 Å². The van der Waals surface area contributed by atoms with Crippen LogP contribution in [-0.4, -0.2) is 56.4 Å². The van der Waals surface area contributed by atoms with Gasteiger partial charge in [0.1, 0.15) is 0 Å². The molecule has 0 amide bonds. The summed E-state index contributed by atoms with van der Waals surface area (Å²) in [5.41, 5.74) is 0. The van der Waals surface area contributed by atoms with Crippen LogP contribution in [0.5, 0.6) is 0 Å². The zero-order chi connectivity index (χ0) is 13.2. The van der Waals surface area contributed by atoms with Crippen molar-refractivity contribution in [1.82, 2.24) is 9.62 Å². The van der Waals surface area contributed by atoms with Gasteiger partial charge in [-0.25, -0.2) is 12.7 Å². The van der Waals surface area contributed by atoms with Crippen molar-refractivity contribution in [2.45, 2.75) is 31.8 Å². The van der Waals surface area contributed by atoms with Crippen molar-refractivity contribution in [3.63, 3.8) is 0 Å². The van der Waals surface area contributed by atoms with Crippen molar-refractivity contribution in [2.75, 3.05) is 32.4 Å². The van der Waals surface area contributed by atoms with E-state index in [9.17, 15) is 13.5 Å². The van der Waals surface area contributed by atoms with Crippen LogP contribution < -0.4 is 5.32 Å². The van der Waals surface area contributed by atoms with Crippen molar-refractivity contribution in [3.05, 3.63) is 0 Å². The lowest BCUT2D eigenvalue weighted by Crippen LogP contribution is -2.44. The molecule has 0 aliphatic carbocycles. The first-order valence-corrected chi connectivity index (χ1v) is 8.65. The summed E-state index contributed by atoms with van der Waals surface area (Å²) >= 11 is 0. The van der Waals surface area contributed by atoms with Crippen LogP contribution in [0.15, 0.2) is 0 Å². The highest BCUT2D eigenvalue weighted by molar-refractivity contribution is 7.88. The second-order valence-corrected chi connectivity index (χ2v) is 7.67. The summed E-state index contributed by atoms with van der Waals surface area (Å²) in [6, 6.07) is 0. The summed E-state index contributed by atoms with van der Waals surface area (Å²) in [6.45, 7) is 3.02. The van der Waals surface area contributed by atoms with E-state index in [0.29, 0.717) is 19.0 Å². The normalized spacial score (nSPS) is 35.6. The van der Waals surface area contributed by atoms with Gasteiger partial charge < -0.3 is 10.4 Å². The Morgan fingerprint density at radius 3 is 2.83 bits per heavy atom. The van der Waals surface area contributed by atoms with E-state index in [-0.39, 0.29) is 12.0 Å². The number of hydrogen-bond acceptors (Lipinski definition) is 4. The summed E-state index contributed by atoms with van der Waals surface area (Å²) in [5, 5.41) is 13.3. The Hall–Kier alpha value is -0.170. The number of hydrogen-bond donors (Lipinski definition) is 2. The molecule has 2 rings (SSSR count). The number of piperidine rings is 2. The highest BCUT2D eigenvalue weighted by atomic mass is 32.2. The molecule has 2 aliphatic rings. The van der Waals surface area contributed by atoms with Crippen LogP contribution in [0.1, 0.15) is 25.7 Å². The van der Waals surface area contributed by atoms with Crippen LogP contribution in [0.3, 0.4) is 0 Å². The van der Waals surface area contributed by atoms with Crippen LogP contribution >= 0.6 is 0 Å². The third kappa shape index (κ3) is 3.66. The Bertz CT molecular complexity index is 372. The molecule has 5 nitrogen and oxygen atoms in total. The van der Waals surface area contributed by atoms with E-state index in [1.54, 1.807) is 4.31 Å². The molecule has 3 unspecified atom stereocenters. The van der Waals surface area contributed by atoms with Crippen LogP contribution in [0, 0.1) is 11.8 Å². The van der Waals surface area contributed by atoms with E-state index in [1.807, 2.05) is 0 Å². The molecule has 0 radical (unpaired) electrons. The fourth-order valence-corrected chi connectivity index (χ4v) is 4.04. The number of aliphatic hydroxyl groups excluding tert-OH is 1. The van der Waals surface area contributed by atoms with E-state index in [0.717, 1.165) is 38.8 Å². The molecule has 2 heterocycles. The smallest absolute Gasteiger partial charge is 0.211 e. The van der Waals surface area contributed by atoms with Gasteiger partial charge in [-0.2, -0.15) is 0 Å². The molecule has 106 valence electrons. The van der Waals surface area contributed by atoms with Gasteiger partial charge in [-0.05, 0) is 44.1 Å². The molecule has 6 heteroatoms. The van der Waals surface area contributed by atoms with Crippen molar-refractivity contribution in [3.8, 4) is 0 Å². The van der Waals surface area contributed by atoms with Gasteiger partial charge in [-0.15, -0.1) is 0 Å². The Balaban J connectivity index is 1.89. The first-order valence-electron chi connectivity index (χ1n) is 6.80. The summed E-state index contributed by atoms with van der Waals surface area (Å²) in [7, 11) is -3.06. The monoisotopic (exact) mass is 276 g/mol. The van der Waals surface area contributed by atoms with E-state index >= 15 is 0 Å². The number of aliphatic hydroxyl groups is 1. The number of nitrogens with one attached hydrogen (secondary N) is 1. The largest absolute Gasteiger partial charge is 0.393 e. The van der Waals surface area contributed by atoms with Crippen molar-refractivity contribution in [2.24, 2.45) is 11.8 Å². The van der Waals surface area contributed by atoms with Gasteiger partial charge in [0.05, 0.1) is 12.4 Å². The minimum Gasteiger partial charge on any atom is -0.393 e. The second kappa shape index (κ2) is 5.86. The van der Waals surface area contributed by atoms with Gasteiger partial charge in [-0.3, -0.25) is 0 Å². The molecule has 3 atom stereocenters. The first-order chi connectivity index (χ1) is 8.47.